The number of hydrogen-bond donors (Lipinski definition) is 1. The van der Waals surface area contributed by atoms with Crippen LogP contribution in [0.4, 0.5) is 5.13 Å². The summed E-state index contributed by atoms with van der Waals surface area (Å²) in [6.45, 7) is 9.73. The minimum absolute atomic E-state index is 0.137. The number of rotatable bonds is 4. The third-order valence-corrected chi connectivity index (χ3v) is 4.75. The first-order valence-electron chi connectivity index (χ1n) is 7.08. The Hall–Kier alpha value is -1.36. The van der Waals surface area contributed by atoms with Crippen molar-refractivity contribution in [2.75, 3.05) is 5.32 Å². The van der Waals surface area contributed by atoms with Crippen LogP contribution in [0, 0.1) is 0 Å². The monoisotopic (exact) mass is 368 g/mol. The van der Waals surface area contributed by atoms with Crippen molar-refractivity contribution in [3.05, 3.63) is 57.0 Å². The van der Waals surface area contributed by atoms with E-state index in [1.165, 1.54) is 17.4 Å². The molecule has 1 heterocycles. The number of nitrogens with one attached hydrogen (secondary N) is 1. The number of hydrogen-bond acceptors (Lipinski definition) is 3. The second-order valence-corrected chi connectivity index (χ2v) is 8.07. The fourth-order valence-corrected chi connectivity index (χ4v) is 3.78. The number of carbonyl (C=O) groups is 1. The third kappa shape index (κ3) is 4.56. The van der Waals surface area contributed by atoms with Gasteiger partial charge in [0.05, 0.1) is 5.69 Å². The van der Waals surface area contributed by atoms with Gasteiger partial charge in [-0.2, -0.15) is 0 Å². The Bertz CT molecular complexity index is 748. The van der Waals surface area contributed by atoms with E-state index in [4.69, 9.17) is 23.2 Å². The molecule has 122 valence electrons. The van der Waals surface area contributed by atoms with Crippen molar-refractivity contribution in [2.45, 2.75) is 32.6 Å². The van der Waals surface area contributed by atoms with E-state index >= 15 is 0 Å². The lowest BCUT2D eigenvalue weighted by molar-refractivity contribution is -0.111. The molecular weight excluding hydrogens is 351 g/mol. The molecule has 0 radical (unpaired) electrons. The van der Waals surface area contributed by atoms with Crippen LogP contribution in [-0.2, 0) is 16.6 Å². The highest BCUT2D eigenvalue weighted by Gasteiger charge is 2.24. The van der Waals surface area contributed by atoms with Crippen LogP contribution in [0.1, 0.15) is 36.9 Å². The van der Waals surface area contributed by atoms with Crippen LogP contribution in [0.5, 0.6) is 0 Å². The van der Waals surface area contributed by atoms with Crippen LogP contribution < -0.4 is 5.32 Å². The van der Waals surface area contributed by atoms with Crippen LogP contribution in [0.15, 0.2) is 30.9 Å². The van der Waals surface area contributed by atoms with Crippen molar-refractivity contribution in [3.63, 3.8) is 0 Å². The highest BCUT2D eigenvalue weighted by atomic mass is 35.5. The molecule has 0 bridgehead atoms. The van der Waals surface area contributed by atoms with Gasteiger partial charge in [0.1, 0.15) is 0 Å². The van der Waals surface area contributed by atoms with Gasteiger partial charge in [-0.15, -0.1) is 11.3 Å². The molecule has 6 heteroatoms. The van der Waals surface area contributed by atoms with E-state index in [0.717, 1.165) is 16.1 Å². The maximum absolute atomic E-state index is 11.5. The number of anilines is 1. The Morgan fingerprint density at radius 2 is 2.09 bits per heavy atom. The molecule has 0 aliphatic heterocycles. The average molecular weight is 369 g/mol. The fraction of sp³-hybridized carbons (Fsp3) is 0.294. The van der Waals surface area contributed by atoms with Crippen LogP contribution in [0.25, 0.3) is 0 Å². The van der Waals surface area contributed by atoms with Crippen molar-refractivity contribution in [2.24, 2.45) is 0 Å². The zero-order valence-corrected chi connectivity index (χ0v) is 15.6. The summed E-state index contributed by atoms with van der Waals surface area (Å²) in [6, 6.07) is 5.47. The Morgan fingerprint density at radius 3 is 2.65 bits per heavy atom. The van der Waals surface area contributed by atoms with Gasteiger partial charge < -0.3 is 0 Å². The van der Waals surface area contributed by atoms with Crippen molar-refractivity contribution in [3.8, 4) is 0 Å². The number of thiazole rings is 1. The van der Waals surface area contributed by atoms with Crippen LogP contribution in [-0.4, -0.2) is 10.9 Å². The van der Waals surface area contributed by atoms with E-state index in [1.54, 1.807) is 6.07 Å². The van der Waals surface area contributed by atoms with Gasteiger partial charge in [-0.25, -0.2) is 4.98 Å². The molecule has 1 aromatic heterocycles. The molecule has 0 aliphatic rings. The lowest BCUT2D eigenvalue weighted by Crippen LogP contribution is -2.15. The summed E-state index contributed by atoms with van der Waals surface area (Å²) in [5.41, 5.74) is 1.79. The summed E-state index contributed by atoms with van der Waals surface area (Å²) in [7, 11) is 0. The molecule has 2 rings (SSSR count). The second-order valence-electron chi connectivity index (χ2n) is 6.15. The number of halogens is 2. The smallest absolute Gasteiger partial charge is 0.249 e. The first-order valence-corrected chi connectivity index (χ1v) is 8.65. The molecule has 0 atom stereocenters. The first-order chi connectivity index (χ1) is 10.7. The Kier molecular flexibility index (Phi) is 5.50. The second kappa shape index (κ2) is 7.04. The molecule has 1 amide bonds. The number of amides is 1. The fourth-order valence-electron chi connectivity index (χ4n) is 2.11. The number of nitrogens with zero attached hydrogens (tertiary/aromatic N) is 1. The summed E-state index contributed by atoms with van der Waals surface area (Å²) in [5.74, 6) is -0.268. The Morgan fingerprint density at radius 1 is 1.39 bits per heavy atom. The molecule has 0 aliphatic carbocycles. The zero-order valence-electron chi connectivity index (χ0n) is 13.2. The van der Waals surface area contributed by atoms with Crippen molar-refractivity contribution in [1.82, 2.24) is 4.98 Å². The minimum Gasteiger partial charge on any atom is -0.298 e. The largest absolute Gasteiger partial charge is 0.298 e. The predicted molar refractivity (Wildman–Crippen MR) is 98.9 cm³/mol. The van der Waals surface area contributed by atoms with E-state index < -0.39 is 0 Å². The summed E-state index contributed by atoms with van der Waals surface area (Å²) in [5, 5.41) is 4.54. The summed E-state index contributed by atoms with van der Waals surface area (Å²) >= 11 is 13.7. The van der Waals surface area contributed by atoms with Crippen molar-refractivity contribution in [1.29, 1.82) is 0 Å². The maximum atomic E-state index is 11.5. The van der Waals surface area contributed by atoms with Gasteiger partial charge in [-0.1, -0.05) is 56.6 Å². The van der Waals surface area contributed by atoms with Crippen LogP contribution in [0.3, 0.4) is 0 Å². The molecule has 1 aromatic carbocycles. The Balaban J connectivity index is 2.39. The zero-order chi connectivity index (χ0) is 17.2. The predicted octanol–water partition coefficient (Wildman–Crippen LogP) is 5.46. The van der Waals surface area contributed by atoms with Gasteiger partial charge in [0.2, 0.25) is 5.91 Å². The molecule has 0 fully saturated rings. The quantitative estimate of drug-likeness (QED) is 0.727. The third-order valence-electron chi connectivity index (χ3n) is 3.19. The molecule has 1 N–H and O–H groups in total. The minimum atomic E-state index is -0.268. The van der Waals surface area contributed by atoms with E-state index in [2.05, 4.69) is 37.7 Å². The van der Waals surface area contributed by atoms with E-state index in [-0.39, 0.29) is 11.3 Å². The van der Waals surface area contributed by atoms with Gasteiger partial charge in [-0.3, -0.25) is 10.1 Å². The van der Waals surface area contributed by atoms with Crippen LogP contribution in [0.2, 0.25) is 10.0 Å². The maximum Gasteiger partial charge on any atom is 0.249 e. The molecular formula is C17H18Cl2N2OS. The van der Waals surface area contributed by atoms with Gasteiger partial charge in [0, 0.05) is 26.8 Å². The molecule has 2 aromatic rings. The number of carbonyl (C=O) groups excluding carboxylic acids is 1. The van der Waals surface area contributed by atoms with Gasteiger partial charge >= 0.3 is 0 Å². The molecule has 0 spiro atoms. The lowest BCUT2D eigenvalue weighted by Gasteiger charge is -2.17. The van der Waals surface area contributed by atoms with Crippen molar-refractivity contribution < 1.29 is 4.79 Å². The van der Waals surface area contributed by atoms with E-state index in [0.29, 0.717) is 21.6 Å². The normalized spacial score (nSPS) is 11.3. The standard InChI is InChI=1S/C17H18Cl2N2OS/c1-5-14(22)20-16-21-15(17(2,3)4)13(23-16)8-10-6-7-11(18)9-12(10)19/h5-7,9H,1,8H2,2-4H3,(H,20,21,22). The highest BCUT2D eigenvalue weighted by Crippen LogP contribution is 2.35. The summed E-state index contributed by atoms with van der Waals surface area (Å²) in [6.07, 6.45) is 1.87. The van der Waals surface area contributed by atoms with Gasteiger partial charge in [-0.05, 0) is 23.8 Å². The lowest BCUT2D eigenvalue weighted by atomic mass is 9.90. The van der Waals surface area contributed by atoms with Crippen LogP contribution >= 0.6 is 34.5 Å². The molecule has 0 saturated carbocycles. The SMILES string of the molecule is C=CC(=O)Nc1nc(C(C)(C)C)c(Cc2ccc(Cl)cc2Cl)s1. The average Bonchev–Trinajstić information content (AvgIpc) is 2.84. The molecule has 3 nitrogen and oxygen atoms in total. The summed E-state index contributed by atoms with van der Waals surface area (Å²) < 4.78 is 0. The summed E-state index contributed by atoms with van der Waals surface area (Å²) in [4.78, 5) is 17.2. The van der Waals surface area contributed by atoms with Gasteiger partial charge in [0.15, 0.2) is 5.13 Å². The molecule has 23 heavy (non-hydrogen) atoms. The van der Waals surface area contributed by atoms with Crippen molar-refractivity contribution >= 4 is 45.6 Å². The first kappa shape index (κ1) is 18.0. The van der Waals surface area contributed by atoms with E-state index in [1.807, 2.05) is 12.1 Å². The Labute approximate surface area is 150 Å². The number of aromatic nitrogens is 1. The topological polar surface area (TPSA) is 42.0 Å². The number of benzene rings is 1. The van der Waals surface area contributed by atoms with Gasteiger partial charge in [0.25, 0.3) is 0 Å². The molecule has 0 unspecified atom stereocenters. The molecule has 0 saturated heterocycles. The van der Waals surface area contributed by atoms with E-state index in [9.17, 15) is 4.79 Å². The highest BCUT2D eigenvalue weighted by molar-refractivity contribution is 7.16.